The molecule has 0 N–H and O–H groups in total. The Hall–Kier alpha value is -3.44. The van der Waals surface area contributed by atoms with Crippen molar-refractivity contribution in [2.45, 2.75) is 64.4 Å². The zero-order chi connectivity index (χ0) is 27.1. The van der Waals surface area contributed by atoms with Crippen LogP contribution in [0.15, 0.2) is 53.8 Å². The summed E-state index contributed by atoms with van der Waals surface area (Å²) in [5.74, 6) is 1.66. The van der Waals surface area contributed by atoms with E-state index in [0.717, 1.165) is 28.5 Å². The Morgan fingerprint density at radius 2 is 1.87 bits per heavy atom. The number of hydrogen-bond acceptors (Lipinski definition) is 8. The average molecular weight is 538 g/mol. The first-order valence-corrected chi connectivity index (χ1v) is 14.6. The molecule has 0 atom stereocenters. The largest absolute Gasteiger partial charge is 0.380 e. The molecule has 3 heterocycles. The van der Waals surface area contributed by atoms with Gasteiger partial charge in [0.2, 0.25) is 0 Å². The van der Waals surface area contributed by atoms with Gasteiger partial charge in [0.1, 0.15) is 11.6 Å². The molecule has 0 saturated carbocycles. The molecule has 0 amide bonds. The van der Waals surface area contributed by atoms with Crippen LogP contribution in [0.3, 0.4) is 0 Å². The second-order valence-electron chi connectivity index (χ2n) is 9.43. The number of imidazole rings is 1. The van der Waals surface area contributed by atoms with Crippen LogP contribution in [-0.2, 0) is 34.0 Å². The Morgan fingerprint density at radius 1 is 1.08 bits per heavy atom. The summed E-state index contributed by atoms with van der Waals surface area (Å²) in [7, 11) is -3.40. The minimum Gasteiger partial charge on any atom is -0.380 e. The molecule has 0 aliphatic heterocycles. The maximum absolute atomic E-state index is 12.9. The SMILES string of the molecule is CCOCCn1cc(CCCS(=O)(=O)c2ccc(Cc3nccc(-c4cnc(C)n4C(C)C)n3)cc2)nn1. The molecule has 4 rings (SSSR count). The summed E-state index contributed by atoms with van der Waals surface area (Å²) in [5, 5.41) is 8.19. The molecule has 0 spiro atoms. The third-order valence-corrected chi connectivity index (χ3v) is 8.03. The predicted octanol–water partition coefficient (Wildman–Crippen LogP) is 3.85. The Balaban J connectivity index is 1.35. The number of aryl methyl sites for hydroxylation is 2. The third-order valence-electron chi connectivity index (χ3n) is 6.21. The van der Waals surface area contributed by atoms with Crippen molar-refractivity contribution in [3.05, 3.63) is 71.8 Å². The van der Waals surface area contributed by atoms with Crippen LogP contribution in [0.1, 0.15) is 56.1 Å². The second-order valence-corrected chi connectivity index (χ2v) is 11.5. The van der Waals surface area contributed by atoms with Gasteiger partial charge in [-0.25, -0.2) is 28.1 Å². The van der Waals surface area contributed by atoms with Gasteiger partial charge in [-0.1, -0.05) is 17.3 Å². The van der Waals surface area contributed by atoms with Crippen LogP contribution in [0.2, 0.25) is 0 Å². The molecular formula is C27H35N7O3S. The highest BCUT2D eigenvalue weighted by Crippen LogP contribution is 2.23. The van der Waals surface area contributed by atoms with E-state index < -0.39 is 9.84 Å². The van der Waals surface area contributed by atoms with Gasteiger partial charge in [-0.2, -0.15) is 0 Å². The van der Waals surface area contributed by atoms with Gasteiger partial charge in [0, 0.05) is 31.5 Å². The highest BCUT2D eigenvalue weighted by Gasteiger charge is 2.16. The molecular weight excluding hydrogens is 502 g/mol. The molecule has 10 nitrogen and oxygen atoms in total. The van der Waals surface area contributed by atoms with Crippen molar-refractivity contribution in [3.63, 3.8) is 0 Å². The molecule has 0 unspecified atom stereocenters. The average Bonchev–Trinajstić information content (AvgIpc) is 3.51. The smallest absolute Gasteiger partial charge is 0.178 e. The van der Waals surface area contributed by atoms with Crippen molar-refractivity contribution in [3.8, 4) is 11.4 Å². The Bertz CT molecular complexity index is 1440. The van der Waals surface area contributed by atoms with E-state index in [1.807, 2.05) is 44.4 Å². The monoisotopic (exact) mass is 537 g/mol. The van der Waals surface area contributed by atoms with Crippen molar-refractivity contribution < 1.29 is 13.2 Å². The van der Waals surface area contributed by atoms with Gasteiger partial charge in [-0.3, -0.25) is 0 Å². The maximum atomic E-state index is 12.9. The lowest BCUT2D eigenvalue weighted by atomic mass is 10.1. The molecule has 0 fully saturated rings. The molecule has 3 aromatic heterocycles. The number of nitrogens with zero attached hydrogens (tertiary/aromatic N) is 7. The highest BCUT2D eigenvalue weighted by atomic mass is 32.2. The van der Waals surface area contributed by atoms with Crippen molar-refractivity contribution in [1.29, 1.82) is 0 Å². The molecule has 0 aliphatic rings. The van der Waals surface area contributed by atoms with E-state index in [4.69, 9.17) is 9.72 Å². The van der Waals surface area contributed by atoms with Crippen LogP contribution < -0.4 is 0 Å². The zero-order valence-electron chi connectivity index (χ0n) is 22.4. The van der Waals surface area contributed by atoms with Gasteiger partial charge in [0.15, 0.2) is 9.84 Å². The number of ether oxygens (including phenoxy) is 1. The quantitative estimate of drug-likeness (QED) is 0.236. The predicted molar refractivity (Wildman–Crippen MR) is 145 cm³/mol. The molecule has 11 heteroatoms. The van der Waals surface area contributed by atoms with E-state index in [-0.39, 0.29) is 11.8 Å². The number of benzene rings is 1. The fourth-order valence-corrected chi connectivity index (χ4v) is 5.66. The summed E-state index contributed by atoms with van der Waals surface area (Å²) < 4.78 is 34.9. The van der Waals surface area contributed by atoms with Gasteiger partial charge >= 0.3 is 0 Å². The third kappa shape index (κ3) is 6.90. The first-order valence-electron chi connectivity index (χ1n) is 12.9. The van der Waals surface area contributed by atoms with Crippen LogP contribution >= 0.6 is 0 Å². The second kappa shape index (κ2) is 12.4. The zero-order valence-corrected chi connectivity index (χ0v) is 23.2. The summed E-state index contributed by atoms with van der Waals surface area (Å²) in [6.07, 6.45) is 6.96. The van der Waals surface area contributed by atoms with Gasteiger partial charge in [0.05, 0.1) is 47.1 Å². The van der Waals surface area contributed by atoms with Gasteiger partial charge in [-0.15, -0.1) is 5.10 Å². The minimum atomic E-state index is -3.40. The van der Waals surface area contributed by atoms with Gasteiger partial charge in [0.25, 0.3) is 0 Å². The topological polar surface area (TPSA) is 118 Å². The van der Waals surface area contributed by atoms with E-state index >= 15 is 0 Å². The molecule has 38 heavy (non-hydrogen) atoms. The van der Waals surface area contributed by atoms with E-state index in [1.54, 1.807) is 23.0 Å². The summed E-state index contributed by atoms with van der Waals surface area (Å²) in [4.78, 5) is 13.9. The van der Waals surface area contributed by atoms with Crippen LogP contribution in [-0.4, -0.2) is 61.9 Å². The van der Waals surface area contributed by atoms with Crippen molar-refractivity contribution in [2.75, 3.05) is 19.0 Å². The number of sulfone groups is 1. The molecule has 0 bridgehead atoms. The highest BCUT2D eigenvalue weighted by molar-refractivity contribution is 7.91. The van der Waals surface area contributed by atoms with Gasteiger partial charge < -0.3 is 9.30 Å². The number of rotatable bonds is 13. The summed E-state index contributed by atoms with van der Waals surface area (Å²) in [5.41, 5.74) is 3.49. The molecule has 0 radical (unpaired) electrons. The molecule has 4 aromatic rings. The van der Waals surface area contributed by atoms with E-state index in [1.165, 1.54) is 0 Å². The van der Waals surface area contributed by atoms with E-state index in [0.29, 0.717) is 49.7 Å². The first kappa shape index (κ1) is 27.6. The van der Waals surface area contributed by atoms with Crippen LogP contribution in [0, 0.1) is 6.92 Å². The lowest BCUT2D eigenvalue weighted by Gasteiger charge is -2.14. The van der Waals surface area contributed by atoms with E-state index in [2.05, 4.69) is 38.7 Å². The van der Waals surface area contributed by atoms with Crippen molar-refractivity contribution >= 4 is 9.84 Å². The standard InChI is InChI=1S/C27H35N7O3S/c1-5-37-15-14-33-19-23(31-32-33)7-6-16-38(35,36)24-10-8-22(9-11-24)17-27-28-13-12-25(30-27)26-18-29-21(4)34(26)20(2)3/h8-13,18-20H,5-7,14-17H2,1-4H3. The summed E-state index contributed by atoms with van der Waals surface area (Å²) >= 11 is 0. The first-order chi connectivity index (χ1) is 18.3. The molecule has 0 saturated heterocycles. The Kier molecular flexibility index (Phi) is 9.01. The van der Waals surface area contributed by atoms with Crippen LogP contribution in [0.5, 0.6) is 0 Å². The molecule has 0 aliphatic carbocycles. The lowest BCUT2D eigenvalue weighted by molar-refractivity contribution is 0.136. The minimum absolute atomic E-state index is 0.0479. The Labute approximate surface area is 224 Å². The molecule has 202 valence electrons. The fourth-order valence-electron chi connectivity index (χ4n) is 4.34. The van der Waals surface area contributed by atoms with Crippen molar-refractivity contribution in [2.24, 2.45) is 0 Å². The van der Waals surface area contributed by atoms with Crippen molar-refractivity contribution in [1.82, 2.24) is 34.5 Å². The van der Waals surface area contributed by atoms with Crippen LogP contribution in [0.4, 0.5) is 0 Å². The molecule has 1 aromatic carbocycles. The van der Waals surface area contributed by atoms with Gasteiger partial charge in [-0.05, 0) is 64.3 Å². The maximum Gasteiger partial charge on any atom is 0.178 e. The van der Waals surface area contributed by atoms with E-state index in [9.17, 15) is 8.42 Å². The normalized spacial score (nSPS) is 11.9. The van der Waals surface area contributed by atoms with Crippen LogP contribution in [0.25, 0.3) is 11.4 Å². The fraction of sp³-hybridized carbons (Fsp3) is 0.444. The summed E-state index contributed by atoms with van der Waals surface area (Å²) in [6.45, 7) is 10.0. The summed E-state index contributed by atoms with van der Waals surface area (Å²) in [6, 6.07) is 9.13. The number of hydrogen-bond donors (Lipinski definition) is 0. The lowest BCUT2D eigenvalue weighted by Crippen LogP contribution is -2.08. The number of aromatic nitrogens is 7. The Morgan fingerprint density at radius 3 is 2.61 bits per heavy atom.